The molecule has 1 aromatic carbocycles. The summed E-state index contributed by atoms with van der Waals surface area (Å²) in [5, 5.41) is 13.2. The number of oxime groups is 1. The molecule has 1 unspecified atom stereocenters. The van der Waals surface area contributed by atoms with Crippen molar-refractivity contribution in [1.29, 1.82) is 0 Å². The van der Waals surface area contributed by atoms with Gasteiger partial charge in [0.15, 0.2) is 0 Å². The highest BCUT2D eigenvalue weighted by Crippen LogP contribution is 2.16. The van der Waals surface area contributed by atoms with E-state index in [0.29, 0.717) is 11.0 Å². The molecule has 0 heterocycles. The van der Waals surface area contributed by atoms with Crippen LogP contribution in [0.1, 0.15) is 37.8 Å². The maximum absolute atomic E-state index is 10.6. The Balaban J connectivity index is 2.39. The van der Waals surface area contributed by atoms with E-state index < -0.39 is 6.03 Å². The fourth-order valence-corrected chi connectivity index (χ4v) is 1.94. The number of nitrogens with two attached hydrogens (primary N) is 1. The Morgan fingerprint density at radius 2 is 2.00 bits per heavy atom. The second kappa shape index (κ2) is 9.04. The van der Waals surface area contributed by atoms with E-state index in [1.807, 2.05) is 6.92 Å². The molecular formula is C16H25N3O3. The quantitative estimate of drug-likeness (QED) is 0.335. The molecule has 0 bridgehead atoms. The van der Waals surface area contributed by atoms with Crippen molar-refractivity contribution in [2.45, 2.75) is 33.1 Å². The third-order valence-corrected chi connectivity index (χ3v) is 3.16. The molecule has 1 aromatic rings. The van der Waals surface area contributed by atoms with E-state index in [2.05, 4.69) is 43.3 Å². The Bertz CT molecular complexity index is 486. The van der Waals surface area contributed by atoms with Crippen LogP contribution < -0.4 is 5.73 Å². The molecule has 6 heteroatoms. The maximum Gasteiger partial charge on any atom is 0.338 e. The zero-order valence-corrected chi connectivity index (χ0v) is 13.4. The number of hydrogen-bond donors (Lipinski definition) is 2. The highest BCUT2D eigenvalue weighted by Gasteiger charge is 2.05. The SMILES string of the molecule is CC(C)Cc1ccc(C(C)/C=N/OCCN(O)C(N)=O)cc1. The molecule has 6 nitrogen and oxygen atoms in total. The Hall–Kier alpha value is -2.08. The lowest BCUT2D eigenvalue weighted by Crippen LogP contribution is -2.34. The molecule has 0 radical (unpaired) electrons. The second-order valence-corrected chi connectivity index (χ2v) is 5.68. The van der Waals surface area contributed by atoms with E-state index in [1.165, 1.54) is 5.56 Å². The summed E-state index contributed by atoms with van der Waals surface area (Å²) in [7, 11) is 0. The van der Waals surface area contributed by atoms with E-state index >= 15 is 0 Å². The zero-order valence-electron chi connectivity index (χ0n) is 13.4. The monoisotopic (exact) mass is 307 g/mol. The summed E-state index contributed by atoms with van der Waals surface area (Å²) in [5.74, 6) is 0.763. The third kappa shape index (κ3) is 6.58. The van der Waals surface area contributed by atoms with Crippen molar-refractivity contribution in [1.82, 2.24) is 5.06 Å². The summed E-state index contributed by atoms with van der Waals surface area (Å²) in [6.07, 6.45) is 2.76. The lowest BCUT2D eigenvalue weighted by atomic mass is 9.97. The number of carbonyl (C=O) groups excluding carboxylic acids is 1. The van der Waals surface area contributed by atoms with Crippen LogP contribution >= 0.6 is 0 Å². The van der Waals surface area contributed by atoms with Crippen molar-refractivity contribution >= 4 is 12.2 Å². The molecule has 22 heavy (non-hydrogen) atoms. The van der Waals surface area contributed by atoms with Crippen LogP contribution in [0.2, 0.25) is 0 Å². The molecule has 0 aliphatic carbocycles. The standard InChI is InChI=1S/C16H25N3O3/c1-12(2)10-14-4-6-15(7-5-14)13(3)11-18-22-9-8-19(21)16(17)20/h4-7,11-13,21H,8-10H2,1-3H3,(H2,17,20)/b18-11+. The molecule has 1 atom stereocenters. The van der Waals surface area contributed by atoms with Crippen LogP contribution in [0, 0.1) is 5.92 Å². The van der Waals surface area contributed by atoms with Crippen LogP contribution in [-0.4, -0.2) is 35.7 Å². The first-order valence-corrected chi connectivity index (χ1v) is 7.40. The highest BCUT2D eigenvalue weighted by molar-refractivity contribution is 5.70. The van der Waals surface area contributed by atoms with Gasteiger partial charge in [0.05, 0.1) is 12.8 Å². The Kier molecular flexibility index (Phi) is 7.39. The van der Waals surface area contributed by atoms with Crippen LogP contribution in [0.5, 0.6) is 0 Å². The maximum atomic E-state index is 10.6. The molecule has 1 rings (SSSR count). The van der Waals surface area contributed by atoms with Gasteiger partial charge >= 0.3 is 6.03 Å². The Morgan fingerprint density at radius 1 is 1.36 bits per heavy atom. The number of primary amides is 1. The van der Waals surface area contributed by atoms with Crippen LogP contribution in [0.15, 0.2) is 29.4 Å². The smallest absolute Gasteiger partial charge is 0.338 e. The number of amides is 2. The van der Waals surface area contributed by atoms with Crippen molar-refractivity contribution in [3.63, 3.8) is 0 Å². The number of urea groups is 1. The third-order valence-electron chi connectivity index (χ3n) is 3.16. The predicted octanol–water partition coefficient (Wildman–Crippen LogP) is 2.76. The minimum Gasteiger partial charge on any atom is -0.394 e. The molecule has 3 N–H and O–H groups in total. The number of hydrogen-bond acceptors (Lipinski definition) is 4. The summed E-state index contributed by atoms with van der Waals surface area (Å²) >= 11 is 0. The Morgan fingerprint density at radius 3 is 2.55 bits per heavy atom. The average Bonchev–Trinajstić information content (AvgIpc) is 2.46. The lowest BCUT2D eigenvalue weighted by molar-refractivity contribution is -0.0560. The van der Waals surface area contributed by atoms with Gasteiger partial charge in [-0.1, -0.05) is 50.2 Å². The minimum absolute atomic E-state index is 0.0229. The van der Waals surface area contributed by atoms with Gasteiger partial charge < -0.3 is 10.6 Å². The van der Waals surface area contributed by atoms with Gasteiger partial charge in [0.25, 0.3) is 0 Å². The van der Waals surface area contributed by atoms with Gasteiger partial charge in [0, 0.05) is 5.92 Å². The number of carbonyl (C=O) groups is 1. The largest absolute Gasteiger partial charge is 0.394 e. The van der Waals surface area contributed by atoms with E-state index in [9.17, 15) is 4.79 Å². The van der Waals surface area contributed by atoms with Crippen LogP contribution in [0.25, 0.3) is 0 Å². The molecule has 0 saturated carbocycles. The number of hydroxylamine groups is 2. The fraction of sp³-hybridized carbons (Fsp3) is 0.500. The molecule has 122 valence electrons. The average molecular weight is 307 g/mol. The molecular weight excluding hydrogens is 282 g/mol. The molecule has 0 aliphatic heterocycles. The van der Waals surface area contributed by atoms with Crippen molar-refractivity contribution < 1.29 is 14.8 Å². The fourth-order valence-electron chi connectivity index (χ4n) is 1.94. The summed E-state index contributed by atoms with van der Waals surface area (Å²) in [6, 6.07) is 7.55. The lowest BCUT2D eigenvalue weighted by Gasteiger charge is -2.11. The summed E-state index contributed by atoms with van der Waals surface area (Å²) in [5.41, 5.74) is 7.34. The zero-order chi connectivity index (χ0) is 16.5. The van der Waals surface area contributed by atoms with Crippen molar-refractivity contribution in [2.24, 2.45) is 16.8 Å². The van der Waals surface area contributed by atoms with Gasteiger partial charge in [-0.15, -0.1) is 0 Å². The van der Waals surface area contributed by atoms with Gasteiger partial charge in [0.2, 0.25) is 0 Å². The molecule has 0 spiro atoms. The normalized spacial score (nSPS) is 12.6. The van der Waals surface area contributed by atoms with E-state index in [4.69, 9.17) is 15.8 Å². The van der Waals surface area contributed by atoms with Crippen molar-refractivity contribution in [3.8, 4) is 0 Å². The second-order valence-electron chi connectivity index (χ2n) is 5.68. The van der Waals surface area contributed by atoms with Crippen molar-refractivity contribution in [2.75, 3.05) is 13.2 Å². The number of benzene rings is 1. The Labute approximate surface area is 131 Å². The summed E-state index contributed by atoms with van der Waals surface area (Å²) in [6.45, 7) is 6.48. The molecule has 0 aliphatic rings. The molecule has 0 fully saturated rings. The number of rotatable bonds is 8. The van der Waals surface area contributed by atoms with Gasteiger partial charge in [0.1, 0.15) is 6.61 Å². The topological polar surface area (TPSA) is 88.2 Å². The van der Waals surface area contributed by atoms with Gasteiger partial charge in [-0.2, -0.15) is 0 Å². The van der Waals surface area contributed by atoms with Gasteiger partial charge in [-0.05, 0) is 23.5 Å². The molecule has 0 saturated heterocycles. The summed E-state index contributed by atoms with van der Waals surface area (Å²) < 4.78 is 0. The molecule has 2 amide bonds. The minimum atomic E-state index is -0.914. The first-order valence-electron chi connectivity index (χ1n) is 7.40. The first kappa shape index (κ1) is 18.0. The summed E-state index contributed by atoms with van der Waals surface area (Å²) in [4.78, 5) is 15.5. The van der Waals surface area contributed by atoms with Crippen LogP contribution in [0.4, 0.5) is 4.79 Å². The first-order chi connectivity index (χ1) is 10.4. The van der Waals surface area contributed by atoms with Crippen LogP contribution in [-0.2, 0) is 11.3 Å². The van der Waals surface area contributed by atoms with Crippen LogP contribution in [0.3, 0.4) is 0 Å². The van der Waals surface area contributed by atoms with E-state index in [1.54, 1.807) is 6.21 Å². The van der Waals surface area contributed by atoms with Crippen molar-refractivity contribution in [3.05, 3.63) is 35.4 Å². The molecule has 0 aromatic heterocycles. The number of nitrogens with zero attached hydrogens (tertiary/aromatic N) is 2. The van der Waals surface area contributed by atoms with Gasteiger partial charge in [-0.25, -0.2) is 9.86 Å². The highest BCUT2D eigenvalue weighted by atomic mass is 16.6. The van der Waals surface area contributed by atoms with E-state index in [0.717, 1.165) is 12.0 Å². The predicted molar refractivity (Wildman–Crippen MR) is 85.9 cm³/mol. The van der Waals surface area contributed by atoms with E-state index in [-0.39, 0.29) is 19.1 Å². The van der Waals surface area contributed by atoms with Gasteiger partial charge in [-0.3, -0.25) is 5.21 Å².